The van der Waals surface area contributed by atoms with Gasteiger partial charge in [-0.25, -0.2) is 4.99 Å². The van der Waals surface area contributed by atoms with Gasteiger partial charge in [0.15, 0.2) is 11.6 Å². The van der Waals surface area contributed by atoms with E-state index in [9.17, 15) is 10.1 Å². The molecule has 0 saturated heterocycles. The number of anilines is 1. The number of nitriles is 1. The van der Waals surface area contributed by atoms with Crippen molar-refractivity contribution in [2.45, 2.75) is 24.7 Å². The highest BCUT2D eigenvalue weighted by Gasteiger charge is 2.45. The summed E-state index contributed by atoms with van der Waals surface area (Å²) in [6, 6.07) is 23.5. The Balaban J connectivity index is 1.63. The second-order valence-electron chi connectivity index (χ2n) is 8.45. The zero-order valence-corrected chi connectivity index (χ0v) is 17.7. The van der Waals surface area contributed by atoms with Crippen molar-refractivity contribution in [1.29, 1.82) is 5.26 Å². The summed E-state index contributed by atoms with van der Waals surface area (Å²) in [4.78, 5) is 20.4. The predicted molar refractivity (Wildman–Crippen MR) is 124 cm³/mol. The van der Waals surface area contributed by atoms with Gasteiger partial charge in [0.1, 0.15) is 11.6 Å². The third-order valence-corrected chi connectivity index (χ3v) is 6.63. The Morgan fingerprint density at radius 3 is 2.58 bits per heavy atom. The van der Waals surface area contributed by atoms with Crippen molar-refractivity contribution in [3.63, 3.8) is 0 Å². The fourth-order valence-corrected chi connectivity index (χ4v) is 5.22. The number of Topliss-reactive ketones (excluding diaryl/α,β-unsaturated/α-hetero) is 1. The highest BCUT2D eigenvalue weighted by atomic mass is 16.3. The standard InChI is InChI=1S/C27H20N4O2/c28-15-19-24(16-7-2-1-3-8-16)25-21(13-17(14-22(25)32)23-11-6-12-33-23)31-20-10-5-4-9-18(20)26(29)30-27(19)31/h1-12,17,24H,13-14H2,(H2,29,30)/t17-,24-/m1/s1. The zero-order chi connectivity index (χ0) is 22.5. The molecule has 0 unspecified atom stereocenters. The molecule has 0 radical (unpaired) electrons. The van der Waals surface area contributed by atoms with Gasteiger partial charge in [-0.1, -0.05) is 42.5 Å². The molecule has 3 aromatic rings. The van der Waals surface area contributed by atoms with Gasteiger partial charge in [0, 0.05) is 29.2 Å². The highest BCUT2D eigenvalue weighted by Crippen LogP contribution is 2.51. The topological polar surface area (TPSA) is 95.6 Å². The summed E-state index contributed by atoms with van der Waals surface area (Å²) in [7, 11) is 0. The van der Waals surface area contributed by atoms with E-state index in [0.29, 0.717) is 35.6 Å². The van der Waals surface area contributed by atoms with Crippen molar-refractivity contribution in [3.8, 4) is 6.07 Å². The number of aliphatic imine (C=N–C) groups is 1. The van der Waals surface area contributed by atoms with Crippen LogP contribution < -0.4 is 10.6 Å². The van der Waals surface area contributed by atoms with E-state index in [1.54, 1.807) is 6.26 Å². The number of fused-ring (bicyclic) bond motifs is 4. The number of rotatable bonds is 2. The molecule has 0 spiro atoms. The molecule has 0 amide bonds. The maximum absolute atomic E-state index is 13.7. The summed E-state index contributed by atoms with van der Waals surface area (Å²) in [6.45, 7) is 0. The lowest BCUT2D eigenvalue weighted by molar-refractivity contribution is -0.116. The van der Waals surface area contributed by atoms with Crippen LogP contribution in [0.3, 0.4) is 0 Å². The molecule has 160 valence electrons. The van der Waals surface area contributed by atoms with Crippen LogP contribution in [-0.2, 0) is 4.79 Å². The predicted octanol–water partition coefficient (Wildman–Crippen LogP) is 4.74. The first-order valence-electron chi connectivity index (χ1n) is 10.9. The van der Waals surface area contributed by atoms with E-state index >= 15 is 0 Å². The van der Waals surface area contributed by atoms with Crippen molar-refractivity contribution in [1.82, 2.24) is 0 Å². The quantitative estimate of drug-likeness (QED) is 0.631. The molecule has 3 aliphatic rings. The van der Waals surface area contributed by atoms with E-state index in [1.807, 2.05) is 71.6 Å². The van der Waals surface area contributed by atoms with Crippen molar-refractivity contribution in [2.24, 2.45) is 10.7 Å². The fourth-order valence-electron chi connectivity index (χ4n) is 5.22. The maximum Gasteiger partial charge on any atom is 0.162 e. The Labute approximate surface area is 191 Å². The van der Waals surface area contributed by atoms with Crippen LogP contribution in [0, 0.1) is 11.3 Å². The average molecular weight is 432 g/mol. The number of allylic oxidation sites excluding steroid dienone is 3. The Morgan fingerprint density at radius 2 is 1.82 bits per heavy atom. The first-order chi connectivity index (χ1) is 16.2. The average Bonchev–Trinajstić information content (AvgIpc) is 3.39. The third kappa shape index (κ3) is 2.86. The minimum Gasteiger partial charge on any atom is -0.469 e. The van der Waals surface area contributed by atoms with E-state index in [2.05, 4.69) is 11.1 Å². The molecule has 2 atom stereocenters. The lowest BCUT2D eigenvalue weighted by Gasteiger charge is -2.43. The van der Waals surface area contributed by atoms with E-state index in [1.165, 1.54) is 0 Å². The number of furan rings is 1. The van der Waals surface area contributed by atoms with Crippen LogP contribution in [0.1, 0.15) is 41.6 Å². The number of hydrogen-bond donors (Lipinski definition) is 1. The number of hydrogen-bond acceptors (Lipinski definition) is 6. The largest absolute Gasteiger partial charge is 0.469 e. The van der Waals surface area contributed by atoms with Gasteiger partial charge in [0.05, 0.1) is 29.5 Å². The van der Waals surface area contributed by atoms with Crippen LogP contribution in [0.25, 0.3) is 0 Å². The molecule has 6 heteroatoms. The summed E-state index contributed by atoms with van der Waals surface area (Å²) >= 11 is 0. The van der Waals surface area contributed by atoms with E-state index in [0.717, 1.165) is 28.3 Å². The van der Waals surface area contributed by atoms with Crippen molar-refractivity contribution in [3.05, 3.63) is 113 Å². The first-order valence-corrected chi connectivity index (χ1v) is 10.9. The maximum atomic E-state index is 13.7. The molecule has 6 nitrogen and oxygen atoms in total. The number of amidine groups is 1. The lowest BCUT2D eigenvalue weighted by Crippen LogP contribution is -2.40. The molecule has 1 aliphatic carbocycles. The van der Waals surface area contributed by atoms with Crippen LogP contribution in [0.4, 0.5) is 5.69 Å². The van der Waals surface area contributed by atoms with Gasteiger partial charge in [-0.15, -0.1) is 0 Å². The molecule has 2 N–H and O–H groups in total. The lowest BCUT2D eigenvalue weighted by atomic mass is 9.72. The van der Waals surface area contributed by atoms with Gasteiger partial charge in [-0.2, -0.15) is 5.26 Å². The summed E-state index contributed by atoms with van der Waals surface area (Å²) in [5.41, 5.74) is 10.8. The summed E-state index contributed by atoms with van der Waals surface area (Å²) in [5, 5.41) is 10.3. The Bertz CT molecular complexity index is 1410. The molecule has 6 rings (SSSR count). The van der Waals surface area contributed by atoms with Gasteiger partial charge < -0.3 is 10.2 Å². The third-order valence-electron chi connectivity index (χ3n) is 6.63. The zero-order valence-electron chi connectivity index (χ0n) is 17.7. The van der Waals surface area contributed by atoms with Crippen molar-refractivity contribution >= 4 is 17.3 Å². The monoisotopic (exact) mass is 432 g/mol. The summed E-state index contributed by atoms with van der Waals surface area (Å²) in [5.74, 6) is 1.11. The van der Waals surface area contributed by atoms with Crippen molar-refractivity contribution < 1.29 is 9.21 Å². The minimum absolute atomic E-state index is 0.0262. The van der Waals surface area contributed by atoms with Crippen LogP contribution in [0.2, 0.25) is 0 Å². The second kappa shape index (κ2) is 7.35. The molecule has 1 aromatic heterocycles. The molecule has 3 heterocycles. The van der Waals surface area contributed by atoms with Gasteiger partial charge in [-0.05, 0) is 36.2 Å². The number of benzene rings is 2. The SMILES string of the molecule is N#CC1=C2N=C(N)c3ccccc3N2C2=C(C(=O)C[C@H](c3ccco3)C2)[C@@H]1c1ccccc1. The molecule has 2 aliphatic heterocycles. The summed E-state index contributed by atoms with van der Waals surface area (Å²) in [6.07, 6.45) is 2.58. The van der Waals surface area contributed by atoms with Crippen LogP contribution in [0.15, 0.2) is 105 Å². The fraction of sp³-hybridized carbons (Fsp3) is 0.148. The molecule has 0 saturated carbocycles. The van der Waals surface area contributed by atoms with Crippen LogP contribution >= 0.6 is 0 Å². The van der Waals surface area contributed by atoms with Gasteiger partial charge in [0.25, 0.3) is 0 Å². The molecule has 0 bridgehead atoms. The highest BCUT2D eigenvalue weighted by molar-refractivity contribution is 6.08. The number of ketones is 1. The van der Waals surface area contributed by atoms with Gasteiger partial charge >= 0.3 is 0 Å². The van der Waals surface area contributed by atoms with E-state index in [-0.39, 0.29) is 11.7 Å². The van der Waals surface area contributed by atoms with Crippen molar-refractivity contribution in [2.75, 3.05) is 4.90 Å². The first kappa shape index (κ1) is 19.3. The van der Waals surface area contributed by atoms with Gasteiger partial charge in [-0.3, -0.25) is 9.69 Å². The summed E-state index contributed by atoms with van der Waals surface area (Å²) < 4.78 is 5.67. The smallest absolute Gasteiger partial charge is 0.162 e. The normalized spacial score (nSPS) is 21.7. The number of nitrogens with two attached hydrogens (primary N) is 1. The van der Waals surface area contributed by atoms with E-state index < -0.39 is 5.92 Å². The molecule has 2 aromatic carbocycles. The molecular formula is C27H20N4O2. The second-order valence-corrected chi connectivity index (χ2v) is 8.45. The number of carbonyl (C=O) groups excluding carboxylic acids is 1. The number of carbonyl (C=O) groups is 1. The number of para-hydroxylation sites is 1. The van der Waals surface area contributed by atoms with Gasteiger partial charge in [0.2, 0.25) is 0 Å². The Kier molecular flexibility index (Phi) is 4.30. The van der Waals surface area contributed by atoms with Crippen LogP contribution in [-0.4, -0.2) is 11.6 Å². The minimum atomic E-state index is -0.482. The number of nitrogens with zero attached hydrogens (tertiary/aromatic N) is 3. The molecule has 0 fully saturated rings. The van der Waals surface area contributed by atoms with Crippen LogP contribution in [0.5, 0.6) is 0 Å². The molecular weight excluding hydrogens is 412 g/mol. The molecule has 33 heavy (non-hydrogen) atoms. The van der Waals surface area contributed by atoms with E-state index in [4.69, 9.17) is 10.2 Å². The Hall–Kier alpha value is -4.37. The Morgan fingerprint density at radius 1 is 1.03 bits per heavy atom.